The van der Waals surface area contributed by atoms with E-state index >= 15 is 0 Å². The van der Waals surface area contributed by atoms with Crippen molar-refractivity contribution in [1.82, 2.24) is 5.32 Å². The van der Waals surface area contributed by atoms with E-state index < -0.39 is 5.97 Å². The molecular formula is C20H29N3O5. The summed E-state index contributed by atoms with van der Waals surface area (Å²) in [5.41, 5.74) is 1.90. The van der Waals surface area contributed by atoms with Crippen LogP contribution in [0, 0.1) is 0 Å². The van der Waals surface area contributed by atoms with Crippen LogP contribution in [-0.4, -0.2) is 57.7 Å². The number of hydrogen-bond acceptors (Lipinski definition) is 6. The molecule has 28 heavy (non-hydrogen) atoms. The lowest BCUT2D eigenvalue weighted by Gasteiger charge is -2.22. The van der Waals surface area contributed by atoms with E-state index in [-0.39, 0.29) is 24.7 Å². The molecule has 1 aromatic carbocycles. The normalized spacial score (nSPS) is 13.3. The van der Waals surface area contributed by atoms with Crippen LogP contribution in [0.25, 0.3) is 0 Å². The summed E-state index contributed by atoms with van der Waals surface area (Å²) in [5, 5.41) is 5.58. The smallest absolute Gasteiger partial charge is 0.306 e. The Kier molecular flexibility index (Phi) is 8.74. The van der Waals surface area contributed by atoms with Crippen LogP contribution >= 0.6 is 0 Å². The highest BCUT2D eigenvalue weighted by Crippen LogP contribution is 2.27. The van der Waals surface area contributed by atoms with Gasteiger partial charge in [0.15, 0.2) is 0 Å². The van der Waals surface area contributed by atoms with Gasteiger partial charge in [-0.1, -0.05) is 0 Å². The quantitative estimate of drug-likeness (QED) is 0.467. The van der Waals surface area contributed by atoms with Crippen molar-refractivity contribution in [3.8, 4) is 0 Å². The molecule has 1 saturated heterocycles. The van der Waals surface area contributed by atoms with Gasteiger partial charge in [-0.3, -0.25) is 14.4 Å². The SMILES string of the molecule is CCOC(=O)CCC(=O)Nc1ccc(N2CCCC2)c(C(=O)NCCOC)c1. The molecule has 2 rings (SSSR count). The molecule has 1 aromatic rings. The molecule has 0 bridgehead atoms. The summed E-state index contributed by atoms with van der Waals surface area (Å²) in [5.74, 6) is -0.908. The fourth-order valence-corrected chi connectivity index (χ4v) is 3.06. The monoisotopic (exact) mass is 391 g/mol. The van der Waals surface area contributed by atoms with E-state index in [0.29, 0.717) is 31.0 Å². The van der Waals surface area contributed by atoms with Gasteiger partial charge >= 0.3 is 5.97 Å². The standard InChI is InChI=1S/C20H29N3O5/c1-3-28-19(25)9-8-18(24)22-15-6-7-17(23-11-4-5-12-23)16(14-15)20(26)21-10-13-27-2/h6-7,14H,3-5,8-13H2,1-2H3,(H,21,26)(H,22,24). The van der Waals surface area contributed by atoms with Gasteiger partial charge in [0.1, 0.15) is 0 Å². The number of carbonyl (C=O) groups excluding carboxylic acids is 3. The van der Waals surface area contributed by atoms with Crippen molar-refractivity contribution in [2.24, 2.45) is 0 Å². The zero-order chi connectivity index (χ0) is 20.4. The molecule has 1 aliphatic heterocycles. The molecule has 0 radical (unpaired) electrons. The van der Waals surface area contributed by atoms with Gasteiger partial charge in [0.2, 0.25) is 5.91 Å². The molecule has 0 saturated carbocycles. The van der Waals surface area contributed by atoms with Crippen molar-refractivity contribution in [3.63, 3.8) is 0 Å². The molecule has 2 amide bonds. The predicted octanol–water partition coefficient (Wildman–Crippen LogP) is 1.94. The topological polar surface area (TPSA) is 97.0 Å². The molecule has 0 unspecified atom stereocenters. The van der Waals surface area contributed by atoms with Gasteiger partial charge in [-0.25, -0.2) is 0 Å². The number of esters is 1. The van der Waals surface area contributed by atoms with Crippen LogP contribution in [0.15, 0.2) is 18.2 Å². The van der Waals surface area contributed by atoms with Gasteiger partial charge in [-0.05, 0) is 38.0 Å². The number of rotatable bonds is 10. The van der Waals surface area contributed by atoms with Crippen molar-refractivity contribution in [2.45, 2.75) is 32.6 Å². The van der Waals surface area contributed by atoms with Crippen LogP contribution in [0.4, 0.5) is 11.4 Å². The third kappa shape index (κ3) is 6.53. The van der Waals surface area contributed by atoms with Gasteiger partial charge < -0.3 is 25.0 Å². The number of ether oxygens (including phenoxy) is 2. The number of methoxy groups -OCH3 is 1. The fraction of sp³-hybridized carbons (Fsp3) is 0.550. The zero-order valence-corrected chi connectivity index (χ0v) is 16.6. The Hall–Kier alpha value is -2.61. The molecule has 2 N–H and O–H groups in total. The predicted molar refractivity (Wildman–Crippen MR) is 107 cm³/mol. The molecule has 0 aromatic heterocycles. The minimum absolute atomic E-state index is 0.0237. The van der Waals surface area contributed by atoms with E-state index in [1.165, 1.54) is 0 Å². The number of carbonyl (C=O) groups is 3. The van der Waals surface area contributed by atoms with Crippen LogP contribution in [-0.2, 0) is 19.1 Å². The molecular weight excluding hydrogens is 362 g/mol. The maximum Gasteiger partial charge on any atom is 0.306 e. The number of nitrogens with zero attached hydrogens (tertiary/aromatic N) is 1. The number of hydrogen-bond donors (Lipinski definition) is 2. The van der Waals surface area contributed by atoms with Crippen LogP contribution in [0.1, 0.15) is 43.0 Å². The Morgan fingerprint density at radius 2 is 1.89 bits per heavy atom. The lowest BCUT2D eigenvalue weighted by molar-refractivity contribution is -0.144. The summed E-state index contributed by atoms with van der Waals surface area (Å²) in [6.45, 7) is 4.66. The summed E-state index contributed by atoms with van der Waals surface area (Å²) in [6, 6.07) is 5.32. The Balaban J connectivity index is 2.08. The van der Waals surface area contributed by atoms with Crippen LogP contribution in [0.3, 0.4) is 0 Å². The minimum atomic E-state index is -0.403. The maximum atomic E-state index is 12.7. The summed E-state index contributed by atoms with van der Waals surface area (Å²) in [6.07, 6.45) is 2.24. The van der Waals surface area contributed by atoms with Crippen molar-refractivity contribution >= 4 is 29.2 Å². The Morgan fingerprint density at radius 1 is 1.14 bits per heavy atom. The summed E-state index contributed by atoms with van der Waals surface area (Å²) in [7, 11) is 1.58. The fourth-order valence-electron chi connectivity index (χ4n) is 3.06. The van der Waals surface area contributed by atoms with Gasteiger partial charge in [0, 0.05) is 44.5 Å². The second kappa shape index (κ2) is 11.3. The number of amides is 2. The Morgan fingerprint density at radius 3 is 2.57 bits per heavy atom. The second-order valence-corrected chi connectivity index (χ2v) is 6.53. The first-order valence-corrected chi connectivity index (χ1v) is 9.66. The third-order valence-electron chi connectivity index (χ3n) is 4.42. The van der Waals surface area contributed by atoms with E-state index in [4.69, 9.17) is 9.47 Å². The van der Waals surface area contributed by atoms with Gasteiger partial charge in [-0.2, -0.15) is 0 Å². The van der Waals surface area contributed by atoms with Crippen molar-refractivity contribution in [3.05, 3.63) is 23.8 Å². The maximum absolute atomic E-state index is 12.7. The van der Waals surface area contributed by atoms with Crippen LogP contribution in [0.2, 0.25) is 0 Å². The largest absolute Gasteiger partial charge is 0.466 e. The first-order valence-electron chi connectivity index (χ1n) is 9.66. The van der Waals surface area contributed by atoms with E-state index in [1.807, 2.05) is 6.07 Å². The molecule has 0 aliphatic carbocycles. The average Bonchev–Trinajstić information content (AvgIpc) is 3.21. The van der Waals surface area contributed by atoms with Crippen molar-refractivity contribution in [2.75, 3.05) is 50.2 Å². The molecule has 1 aliphatic rings. The Labute approximate surface area is 165 Å². The average molecular weight is 391 g/mol. The summed E-state index contributed by atoms with van der Waals surface area (Å²) >= 11 is 0. The second-order valence-electron chi connectivity index (χ2n) is 6.53. The molecule has 1 heterocycles. The molecule has 8 nitrogen and oxygen atoms in total. The van der Waals surface area contributed by atoms with E-state index in [9.17, 15) is 14.4 Å². The van der Waals surface area contributed by atoms with Crippen LogP contribution in [0.5, 0.6) is 0 Å². The minimum Gasteiger partial charge on any atom is -0.466 e. The highest BCUT2D eigenvalue weighted by atomic mass is 16.5. The summed E-state index contributed by atoms with van der Waals surface area (Å²) in [4.78, 5) is 38.3. The molecule has 0 atom stereocenters. The third-order valence-corrected chi connectivity index (χ3v) is 4.42. The first-order chi connectivity index (χ1) is 13.5. The van der Waals surface area contributed by atoms with Crippen LogP contribution < -0.4 is 15.5 Å². The lowest BCUT2D eigenvalue weighted by atomic mass is 10.1. The summed E-state index contributed by atoms with van der Waals surface area (Å²) < 4.78 is 9.80. The number of benzene rings is 1. The van der Waals surface area contributed by atoms with Crippen molar-refractivity contribution in [1.29, 1.82) is 0 Å². The van der Waals surface area contributed by atoms with Gasteiger partial charge in [0.05, 0.1) is 25.2 Å². The van der Waals surface area contributed by atoms with E-state index in [1.54, 1.807) is 26.2 Å². The van der Waals surface area contributed by atoms with Crippen molar-refractivity contribution < 1.29 is 23.9 Å². The number of nitrogens with one attached hydrogen (secondary N) is 2. The number of anilines is 2. The zero-order valence-electron chi connectivity index (χ0n) is 16.6. The molecule has 0 spiro atoms. The van der Waals surface area contributed by atoms with E-state index in [2.05, 4.69) is 15.5 Å². The molecule has 1 fully saturated rings. The lowest BCUT2D eigenvalue weighted by Crippen LogP contribution is -2.30. The first kappa shape index (κ1) is 21.7. The molecule has 154 valence electrons. The Bertz CT molecular complexity index is 686. The highest BCUT2D eigenvalue weighted by molar-refractivity contribution is 6.02. The van der Waals surface area contributed by atoms with E-state index in [0.717, 1.165) is 31.6 Å². The molecule has 8 heteroatoms. The van der Waals surface area contributed by atoms with Gasteiger partial charge in [0.25, 0.3) is 5.91 Å². The van der Waals surface area contributed by atoms with Gasteiger partial charge in [-0.15, -0.1) is 0 Å². The highest BCUT2D eigenvalue weighted by Gasteiger charge is 2.20.